The summed E-state index contributed by atoms with van der Waals surface area (Å²) in [6.45, 7) is 18.3. The van der Waals surface area contributed by atoms with Crippen molar-refractivity contribution in [1.29, 1.82) is 0 Å². The lowest BCUT2D eigenvalue weighted by Crippen LogP contribution is -2.25. The quantitative estimate of drug-likeness (QED) is 0.386. The van der Waals surface area contributed by atoms with Crippen LogP contribution in [-0.2, 0) is 0 Å². The molecule has 4 heteroatoms. The van der Waals surface area contributed by atoms with Gasteiger partial charge in [0.25, 0.3) is 0 Å². The molecule has 1 unspecified atom stereocenters. The Hall–Kier alpha value is -1.39. The van der Waals surface area contributed by atoms with Crippen molar-refractivity contribution in [2.75, 3.05) is 18.5 Å². The molecule has 3 aromatic rings. The zero-order valence-corrected chi connectivity index (χ0v) is 20.7. The van der Waals surface area contributed by atoms with E-state index in [0.717, 1.165) is 17.7 Å². The molecule has 0 saturated heterocycles. The van der Waals surface area contributed by atoms with Crippen LogP contribution >= 0.6 is 22.7 Å². The van der Waals surface area contributed by atoms with Gasteiger partial charge >= 0.3 is 0 Å². The highest BCUT2D eigenvalue weighted by Gasteiger charge is 2.17. The molecule has 2 heterocycles. The topological polar surface area (TPSA) is 20.3 Å². The van der Waals surface area contributed by atoms with Crippen molar-refractivity contribution in [3.8, 4) is 0 Å². The molecule has 0 aliphatic heterocycles. The first-order valence-electron chi connectivity index (χ1n) is 10.4. The van der Waals surface area contributed by atoms with Gasteiger partial charge in [-0.25, -0.2) is 0 Å². The number of rotatable bonds is 5. The Morgan fingerprint density at radius 1 is 0.964 bits per heavy atom. The molecule has 0 aliphatic carbocycles. The maximum atomic E-state index is 11.0. The zero-order chi connectivity index (χ0) is 21.5. The maximum absolute atomic E-state index is 11.0. The van der Waals surface area contributed by atoms with E-state index in [1.165, 1.54) is 31.6 Å². The van der Waals surface area contributed by atoms with Crippen LogP contribution in [0.2, 0.25) is 0 Å². The molecule has 0 radical (unpaired) electrons. The molecule has 2 nitrogen and oxygen atoms in total. The number of carbonyl (C=O) groups excluding carboxylic acids is 1. The summed E-state index contributed by atoms with van der Waals surface area (Å²) in [5.74, 6) is 0.666. The summed E-state index contributed by atoms with van der Waals surface area (Å²) in [6, 6.07) is 8.70. The predicted molar refractivity (Wildman–Crippen MR) is 132 cm³/mol. The van der Waals surface area contributed by atoms with Gasteiger partial charge in [0.15, 0.2) is 6.29 Å². The smallest absolute Gasteiger partial charge is 0.160 e. The lowest BCUT2D eigenvalue weighted by Gasteiger charge is -2.27. The summed E-state index contributed by atoms with van der Waals surface area (Å²) in [5.41, 5.74) is 0.376. The van der Waals surface area contributed by atoms with Gasteiger partial charge in [-0.3, -0.25) is 4.79 Å². The average Bonchev–Trinajstić information content (AvgIpc) is 3.23. The SMILES string of the molecule is CC.CC.CC(CN(C)c1cc2cc3cc(C=O)sc3cc2s1)CC(C)(C)C. The van der Waals surface area contributed by atoms with Crippen LogP contribution in [0.15, 0.2) is 24.3 Å². The third-order valence-corrected chi connectivity index (χ3v) is 6.44. The minimum Gasteiger partial charge on any atom is -0.366 e. The molecule has 1 atom stereocenters. The highest BCUT2D eigenvalue weighted by Crippen LogP contribution is 2.37. The maximum Gasteiger partial charge on any atom is 0.160 e. The summed E-state index contributed by atoms with van der Waals surface area (Å²) >= 11 is 3.41. The van der Waals surface area contributed by atoms with E-state index in [4.69, 9.17) is 0 Å². The van der Waals surface area contributed by atoms with Crippen molar-refractivity contribution >= 4 is 54.1 Å². The molecule has 0 spiro atoms. The molecule has 1 aromatic carbocycles. The van der Waals surface area contributed by atoms with Gasteiger partial charge in [-0.05, 0) is 52.8 Å². The highest BCUT2D eigenvalue weighted by atomic mass is 32.1. The fraction of sp³-hybridized carbons (Fsp3) is 0.542. The number of nitrogens with zero attached hydrogens (tertiary/aromatic N) is 1. The van der Waals surface area contributed by atoms with E-state index in [1.807, 2.05) is 45.1 Å². The van der Waals surface area contributed by atoms with Crippen LogP contribution in [-0.4, -0.2) is 19.9 Å². The van der Waals surface area contributed by atoms with Crippen molar-refractivity contribution in [1.82, 2.24) is 0 Å². The average molecular weight is 420 g/mol. The second kappa shape index (κ2) is 11.0. The third kappa shape index (κ3) is 6.59. The molecule has 28 heavy (non-hydrogen) atoms. The molecule has 0 aliphatic rings. The molecule has 156 valence electrons. The molecular weight excluding hydrogens is 382 g/mol. The first kappa shape index (κ1) is 24.6. The first-order chi connectivity index (χ1) is 13.2. The molecule has 0 N–H and O–H groups in total. The Balaban J connectivity index is 0.000000921. The fourth-order valence-corrected chi connectivity index (χ4v) is 5.53. The van der Waals surface area contributed by atoms with Crippen molar-refractivity contribution in [2.24, 2.45) is 11.3 Å². The second-order valence-corrected chi connectivity index (χ2v) is 10.2. The molecule has 0 bridgehead atoms. The summed E-state index contributed by atoms with van der Waals surface area (Å²) in [4.78, 5) is 14.1. The summed E-state index contributed by atoms with van der Waals surface area (Å²) < 4.78 is 2.49. The number of anilines is 1. The number of hydrogen-bond donors (Lipinski definition) is 0. The molecule has 3 rings (SSSR count). The Kier molecular flexibility index (Phi) is 9.65. The Labute approximate surface area is 179 Å². The van der Waals surface area contributed by atoms with Gasteiger partial charge in [0, 0.05) is 23.0 Å². The standard InChI is InChI=1S/C20H25NOS2.2C2H6/c1-13(10-20(2,3)4)11-21(5)19-8-15-6-14-7-16(12-22)23-17(14)9-18(15)24-19;2*1-2/h6-9,12-13H,10-11H2,1-5H3;2*1-2H3. The van der Waals surface area contributed by atoms with Gasteiger partial charge in [0.05, 0.1) is 9.88 Å². The van der Waals surface area contributed by atoms with E-state index in [1.54, 1.807) is 11.3 Å². The number of aldehydes is 1. The van der Waals surface area contributed by atoms with Gasteiger partial charge in [-0.1, -0.05) is 55.4 Å². The predicted octanol–water partition coefficient (Wildman–Crippen LogP) is 8.49. The number of hydrogen-bond acceptors (Lipinski definition) is 4. The number of fused-ring (bicyclic) bond motifs is 2. The number of benzene rings is 1. The highest BCUT2D eigenvalue weighted by molar-refractivity contribution is 7.24. The van der Waals surface area contributed by atoms with Crippen LogP contribution in [0.4, 0.5) is 5.00 Å². The summed E-state index contributed by atoms with van der Waals surface area (Å²) in [5, 5.41) is 3.76. The number of carbonyl (C=O) groups is 1. The van der Waals surface area contributed by atoms with Crippen LogP contribution in [0.1, 0.15) is 71.5 Å². The van der Waals surface area contributed by atoms with E-state index in [-0.39, 0.29) is 0 Å². The van der Waals surface area contributed by atoms with Crippen molar-refractivity contribution < 1.29 is 4.79 Å². The van der Waals surface area contributed by atoms with Gasteiger partial charge < -0.3 is 4.90 Å². The van der Waals surface area contributed by atoms with Gasteiger partial charge in [0.1, 0.15) is 0 Å². The second-order valence-electron chi connectivity index (χ2n) is 8.03. The molecule has 0 saturated carbocycles. The monoisotopic (exact) mass is 419 g/mol. The van der Waals surface area contributed by atoms with Crippen LogP contribution < -0.4 is 4.90 Å². The van der Waals surface area contributed by atoms with Crippen LogP contribution in [0, 0.1) is 11.3 Å². The minimum atomic E-state index is 0.376. The van der Waals surface area contributed by atoms with Gasteiger partial charge in [-0.15, -0.1) is 22.7 Å². The Bertz CT molecular complexity index is 819. The van der Waals surface area contributed by atoms with E-state index < -0.39 is 0 Å². The summed E-state index contributed by atoms with van der Waals surface area (Å²) in [7, 11) is 2.19. The van der Waals surface area contributed by atoms with Crippen molar-refractivity contribution in [3.05, 3.63) is 29.1 Å². The normalized spacial score (nSPS) is 12.0. The van der Waals surface area contributed by atoms with Crippen LogP contribution in [0.25, 0.3) is 20.2 Å². The van der Waals surface area contributed by atoms with Crippen molar-refractivity contribution in [3.63, 3.8) is 0 Å². The van der Waals surface area contributed by atoms with Crippen molar-refractivity contribution in [2.45, 2.75) is 61.8 Å². The molecule has 0 fully saturated rings. The Morgan fingerprint density at radius 2 is 1.54 bits per heavy atom. The minimum absolute atomic E-state index is 0.376. The number of thiophene rings is 2. The largest absolute Gasteiger partial charge is 0.366 e. The molecule has 2 aromatic heterocycles. The first-order valence-corrected chi connectivity index (χ1v) is 12.0. The van der Waals surface area contributed by atoms with E-state index in [0.29, 0.717) is 11.3 Å². The van der Waals surface area contributed by atoms with Crippen LogP contribution in [0.5, 0.6) is 0 Å². The van der Waals surface area contributed by atoms with Gasteiger partial charge in [-0.2, -0.15) is 0 Å². The molecule has 0 amide bonds. The fourth-order valence-electron chi connectivity index (χ4n) is 3.50. The lowest BCUT2D eigenvalue weighted by molar-refractivity contribution is 0.112. The summed E-state index contributed by atoms with van der Waals surface area (Å²) in [6.07, 6.45) is 2.17. The van der Waals surface area contributed by atoms with E-state index in [2.05, 4.69) is 57.8 Å². The van der Waals surface area contributed by atoms with E-state index >= 15 is 0 Å². The third-order valence-electron chi connectivity index (χ3n) is 4.20. The Morgan fingerprint density at radius 3 is 2.11 bits per heavy atom. The zero-order valence-electron chi connectivity index (χ0n) is 19.1. The van der Waals surface area contributed by atoms with Gasteiger partial charge in [0.2, 0.25) is 0 Å². The van der Waals surface area contributed by atoms with Crippen LogP contribution in [0.3, 0.4) is 0 Å². The van der Waals surface area contributed by atoms with E-state index in [9.17, 15) is 4.79 Å². The lowest BCUT2D eigenvalue weighted by atomic mass is 9.85. The molecular formula is C24H37NOS2.